The highest BCUT2D eigenvalue weighted by Gasteiger charge is 2.32. The van der Waals surface area contributed by atoms with Crippen molar-refractivity contribution in [3.8, 4) is 5.75 Å². The van der Waals surface area contributed by atoms with Crippen molar-refractivity contribution < 1.29 is 22.1 Å². The minimum atomic E-state index is -4.89. The molecular weight excluding hydrogens is 397 g/mol. The number of nitrogens with zero attached hydrogens (tertiary/aromatic N) is 5. The van der Waals surface area contributed by atoms with Gasteiger partial charge in [0, 0.05) is 39.9 Å². The van der Waals surface area contributed by atoms with Crippen LogP contribution < -0.4 is 10.5 Å². The zero-order chi connectivity index (χ0) is 20.7. The van der Waals surface area contributed by atoms with E-state index in [-0.39, 0.29) is 12.1 Å². The van der Waals surface area contributed by atoms with Crippen molar-refractivity contribution in [3.63, 3.8) is 0 Å². The Morgan fingerprint density at radius 3 is 2.68 bits per heavy atom. The summed E-state index contributed by atoms with van der Waals surface area (Å²) in [5, 5.41) is 4.00. The summed E-state index contributed by atoms with van der Waals surface area (Å²) >= 11 is 0. The fourth-order valence-electron chi connectivity index (χ4n) is 2.63. The largest absolute Gasteiger partial charge is 0.573 e. The fraction of sp³-hybridized carbons (Fsp3) is 0.312. The number of nitrogen functional groups attached to an aromatic ring is 1. The van der Waals surface area contributed by atoms with E-state index < -0.39 is 21.8 Å². The zero-order valence-electron chi connectivity index (χ0n) is 15.2. The van der Waals surface area contributed by atoms with Crippen molar-refractivity contribution in [1.29, 1.82) is 0 Å². The van der Waals surface area contributed by atoms with Crippen molar-refractivity contribution in [3.05, 3.63) is 41.3 Å². The van der Waals surface area contributed by atoms with Crippen LogP contribution >= 0.6 is 0 Å². The molecule has 12 heteroatoms. The average Bonchev–Trinajstić information content (AvgIpc) is 2.99. The Kier molecular flexibility index (Phi) is 4.91. The highest BCUT2D eigenvalue weighted by Crippen LogP contribution is 2.35. The second-order valence-electron chi connectivity index (χ2n) is 6.33. The quantitative estimate of drug-likeness (QED) is 0.703. The molecule has 0 aliphatic rings. The Hall–Kier alpha value is -2.89. The highest BCUT2D eigenvalue weighted by molar-refractivity contribution is 7.92. The summed E-state index contributed by atoms with van der Waals surface area (Å²) < 4.78 is 59.2. The molecule has 0 bridgehead atoms. The number of alkyl halides is 3. The van der Waals surface area contributed by atoms with Gasteiger partial charge in [0.1, 0.15) is 17.8 Å². The first-order chi connectivity index (χ1) is 12.9. The molecular formula is C16H17F3N6O2S. The summed E-state index contributed by atoms with van der Waals surface area (Å²) in [5.41, 5.74) is 7.83. The Bertz CT molecular complexity index is 1160. The molecule has 2 aromatic heterocycles. The molecule has 150 valence electrons. The van der Waals surface area contributed by atoms with Gasteiger partial charge in [0.05, 0.1) is 0 Å². The molecule has 0 saturated heterocycles. The number of anilines is 1. The van der Waals surface area contributed by atoms with Gasteiger partial charge in [0.25, 0.3) is 5.78 Å². The number of aryl methyl sites for hydroxylation is 1. The van der Waals surface area contributed by atoms with E-state index in [2.05, 4.69) is 24.2 Å². The first kappa shape index (κ1) is 19.9. The number of halogens is 3. The molecule has 0 spiro atoms. The summed E-state index contributed by atoms with van der Waals surface area (Å²) in [6.45, 7) is 1.75. The normalized spacial score (nSPS) is 12.4. The Balaban J connectivity index is 2.06. The molecule has 0 unspecified atom stereocenters. The molecule has 0 radical (unpaired) electrons. The van der Waals surface area contributed by atoms with Crippen molar-refractivity contribution >= 4 is 27.0 Å². The van der Waals surface area contributed by atoms with E-state index in [9.17, 15) is 17.4 Å². The third-order valence-electron chi connectivity index (χ3n) is 3.72. The van der Waals surface area contributed by atoms with Gasteiger partial charge < -0.3 is 10.5 Å². The van der Waals surface area contributed by atoms with Gasteiger partial charge in [-0.1, -0.05) is 6.07 Å². The van der Waals surface area contributed by atoms with Crippen molar-refractivity contribution in [1.82, 2.24) is 19.6 Å². The predicted octanol–water partition coefficient (Wildman–Crippen LogP) is 2.86. The van der Waals surface area contributed by atoms with Crippen LogP contribution in [0.25, 0.3) is 5.78 Å². The van der Waals surface area contributed by atoms with Crippen LogP contribution in [-0.2, 0) is 16.1 Å². The summed E-state index contributed by atoms with van der Waals surface area (Å²) in [6, 6.07) is 3.98. The smallest absolute Gasteiger partial charge is 0.403 e. The van der Waals surface area contributed by atoms with Crippen LogP contribution in [0.2, 0.25) is 0 Å². The lowest BCUT2D eigenvalue weighted by Crippen LogP contribution is -2.17. The van der Waals surface area contributed by atoms with Gasteiger partial charge in [0.2, 0.25) is 0 Å². The monoisotopic (exact) mass is 414 g/mol. The molecule has 0 aliphatic heterocycles. The highest BCUT2D eigenvalue weighted by atomic mass is 32.2. The number of aromatic nitrogens is 4. The van der Waals surface area contributed by atoms with Gasteiger partial charge in [-0.25, -0.2) is 9.19 Å². The van der Waals surface area contributed by atoms with Crippen LogP contribution in [0.3, 0.4) is 0 Å². The maximum atomic E-state index is 12.6. The Morgan fingerprint density at radius 1 is 1.32 bits per heavy atom. The zero-order valence-corrected chi connectivity index (χ0v) is 16.0. The van der Waals surface area contributed by atoms with Crippen LogP contribution in [0.4, 0.5) is 24.7 Å². The topological polar surface area (TPSA) is 108 Å². The Morgan fingerprint density at radius 2 is 2.04 bits per heavy atom. The third kappa shape index (κ3) is 4.50. The van der Waals surface area contributed by atoms with E-state index in [0.29, 0.717) is 28.4 Å². The molecule has 28 heavy (non-hydrogen) atoms. The maximum absolute atomic E-state index is 12.6. The number of rotatable bonds is 4. The van der Waals surface area contributed by atoms with E-state index in [0.717, 1.165) is 6.07 Å². The van der Waals surface area contributed by atoms with Crippen LogP contribution in [0.5, 0.6) is 5.75 Å². The summed E-state index contributed by atoms with van der Waals surface area (Å²) in [5.74, 6) is 0.145. The van der Waals surface area contributed by atoms with Gasteiger partial charge in [-0.15, -0.1) is 13.2 Å². The maximum Gasteiger partial charge on any atom is 0.573 e. The minimum Gasteiger partial charge on any atom is -0.403 e. The number of nitrogens with two attached hydrogens (primary N) is 1. The number of benzene rings is 1. The summed E-state index contributed by atoms with van der Waals surface area (Å²) in [6.07, 6.45) is -0.675. The van der Waals surface area contributed by atoms with Crippen molar-refractivity contribution in [2.75, 3.05) is 18.2 Å². The molecule has 2 heterocycles. The number of fused-ring (bicyclic) bond motifs is 1. The molecule has 1 aromatic carbocycles. The lowest BCUT2D eigenvalue weighted by Gasteiger charge is -2.14. The molecule has 2 N–H and O–H groups in total. The van der Waals surface area contributed by atoms with Gasteiger partial charge in [0.15, 0.2) is 5.75 Å². The van der Waals surface area contributed by atoms with Gasteiger partial charge in [-0.2, -0.15) is 19.0 Å². The summed E-state index contributed by atoms with van der Waals surface area (Å²) in [4.78, 5) is 8.29. The second kappa shape index (κ2) is 6.93. The van der Waals surface area contributed by atoms with Crippen LogP contribution in [0.1, 0.15) is 16.8 Å². The van der Waals surface area contributed by atoms with E-state index >= 15 is 0 Å². The Labute approximate surface area is 158 Å². The van der Waals surface area contributed by atoms with E-state index in [1.165, 1.54) is 35.5 Å². The third-order valence-corrected chi connectivity index (χ3v) is 4.36. The molecule has 3 aromatic rings. The van der Waals surface area contributed by atoms with Crippen molar-refractivity contribution in [2.24, 2.45) is 4.36 Å². The van der Waals surface area contributed by atoms with E-state index in [1.807, 2.05) is 0 Å². The fourth-order valence-corrected chi connectivity index (χ4v) is 3.24. The SMILES string of the molecule is Cc1nc2ncnn2c(N)c1Cc1ccc(OC(F)(F)F)c(N=S(C)(C)=O)c1. The molecule has 0 amide bonds. The molecule has 0 atom stereocenters. The molecule has 0 aliphatic carbocycles. The average molecular weight is 414 g/mol. The van der Waals surface area contributed by atoms with Gasteiger partial charge >= 0.3 is 6.36 Å². The lowest BCUT2D eigenvalue weighted by atomic mass is 10.0. The first-order valence-electron chi connectivity index (χ1n) is 7.93. The standard InChI is InChI=1S/C16H17F3N6O2S/c1-9-11(14(20)25-15(23-9)21-8-22-25)6-10-4-5-13(27-16(17,18)19)12(7-10)24-28(2,3)26/h4-5,7-8H,6,20H2,1-3H3. The molecule has 0 saturated carbocycles. The van der Waals surface area contributed by atoms with E-state index in [1.54, 1.807) is 6.92 Å². The van der Waals surface area contributed by atoms with Crippen LogP contribution in [0.15, 0.2) is 28.9 Å². The first-order valence-corrected chi connectivity index (χ1v) is 10.3. The summed E-state index contributed by atoms with van der Waals surface area (Å²) in [7, 11) is -2.71. The van der Waals surface area contributed by atoms with Crippen LogP contribution in [0, 0.1) is 6.92 Å². The second-order valence-corrected chi connectivity index (χ2v) is 8.88. The minimum absolute atomic E-state index is 0.157. The van der Waals surface area contributed by atoms with E-state index in [4.69, 9.17) is 5.73 Å². The molecule has 0 fully saturated rings. The van der Waals surface area contributed by atoms with Gasteiger partial charge in [-0.3, -0.25) is 0 Å². The van der Waals surface area contributed by atoms with Crippen LogP contribution in [-0.4, -0.2) is 42.7 Å². The number of ether oxygens (including phenoxy) is 1. The molecule has 3 rings (SSSR count). The number of hydrogen-bond acceptors (Lipinski definition) is 7. The number of hydrogen-bond donors (Lipinski definition) is 1. The lowest BCUT2D eigenvalue weighted by molar-refractivity contribution is -0.274. The van der Waals surface area contributed by atoms with Crippen molar-refractivity contribution in [2.45, 2.75) is 19.7 Å². The molecule has 8 nitrogen and oxygen atoms in total. The van der Waals surface area contributed by atoms with Gasteiger partial charge in [-0.05, 0) is 24.6 Å². The predicted molar refractivity (Wildman–Crippen MR) is 97.9 cm³/mol.